The summed E-state index contributed by atoms with van der Waals surface area (Å²) >= 11 is 0. The zero-order valence-electron chi connectivity index (χ0n) is 25.6. The molecule has 2 atom stereocenters. The summed E-state index contributed by atoms with van der Waals surface area (Å²) in [6, 6.07) is 3.25. The van der Waals surface area contributed by atoms with Crippen LogP contribution in [0.2, 0.25) is 0 Å². The summed E-state index contributed by atoms with van der Waals surface area (Å²) in [7, 11) is 1.70. The highest BCUT2D eigenvalue weighted by Crippen LogP contribution is 2.36. The predicted molar refractivity (Wildman–Crippen MR) is 155 cm³/mol. The number of amides is 4. The van der Waals surface area contributed by atoms with Gasteiger partial charge in [0, 0.05) is 57.3 Å². The van der Waals surface area contributed by atoms with Gasteiger partial charge in [0.2, 0.25) is 23.6 Å². The lowest BCUT2D eigenvalue weighted by atomic mass is 9.79. The van der Waals surface area contributed by atoms with Crippen molar-refractivity contribution in [3.63, 3.8) is 0 Å². The third-order valence-corrected chi connectivity index (χ3v) is 7.26. The normalized spacial score (nSPS) is 21.6. The van der Waals surface area contributed by atoms with E-state index >= 15 is 0 Å². The number of ether oxygens (including phenoxy) is 3. The van der Waals surface area contributed by atoms with Crippen LogP contribution in [0.5, 0.6) is 0 Å². The molecule has 4 amide bonds. The first kappa shape index (κ1) is 33.9. The molecule has 13 nitrogen and oxygen atoms in total. The second-order valence-corrected chi connectivity index (χ2v) is 11.9. The molecule has 0 radical (unpaired) electrons. The van der Waals surface area contributed by atoms with E-state index in [2.05, 4.69) is 20.9 Å². The Morgan fingerprint density at radius 3 is 2.28 bits per heavy atom. The number of hydrogen-bond acceptors (Lipinski definition) is 9. The Balaban J connectivity index is 1.18. The van der Waals surface area contributed by atoms with Crippen molar-refractivity contribution in [1.29, 1.82) is 0 Å². The molecule has 2 heterocycles. The molecule has 3 rings (SSSR count). The van der Waals surface area contributed by atoms with Crippen LogP contribution in [0, 0.1) is 11.8 Å². The van der Waals surface area contributed by atoms with Gasteiger partial charge in [-0.3, -0.25) is 29.0 Å². The lowest BCUT2D eigenvalue weighted by Crippen LogP contribution is -2.49. The maximum absolute atomic E-state index is 12.8. The van der Waals surface area contributed by atoms with Crippen LogP contribution in [0.3, 0.4) is 0 Å². The standard InChI is InChI=1S/C30H45N5O8/c1-30(2,3)43-26(38)8-13-41-12-7-24(36)34-22-16-21(17-22)28(39)32-10-14-42-15-11-33-29(40)23-18-25(37)35(4)27(23)20-6-5-9-31-19-20/h5-6,9,19,21-23,27H,7-8,10-18H2,1-4H3,(H,32,39)(H,33,40)(H,34,36)/t21?,22?,23-,27+/m0/s1. The van der Waals surface area contributed by atoms with Crippen molar-refractivity contribution in [2.75, 3.05) is 46.6 Å². The molecule has 0 aromatic carbocycles. The SMILES string of the molecule is CN1C(=O)C[C@H](C(=O)NCCOCCNC(=O)C2CC(NC(=O)CCOCCC(=O)OC(C)(C)C)C2)[C@H]1c1cccnc1. The van der Waals surface area contributed by atoms with E-state index in [-0.39, 0.29) is 86.7 Å². The highest BCUT2D eigenvalue weighted by atomic mass is 16.6. The van der Waals surface area contributed by atoms with Gasteiger partial charge in [-0.1, -0.05) is 6.07 Å². The van der Waals surface area contributed by atoms with Crippen LogP contribution < -0.4 is 16.0 Å². The summed E-state index contributed by atoms with van der Waals surface area (Å²) in [6.07, 6.45) is 4.93. The Morgan fingerprint density at radius 2 is 1.63 bits per heavy atom. The van der Waals surface area contributed by atoms with Gasteiger partial charge in [0.15, 0.2) is 0 Å². The Kier molecular flexibility index (Phi) is 12.9. The second kappa shape index (κ2) is 16.3. The van der Waals surface area contributed by atoms with Crippen LogP contribution in [0.4, 0.5) is 0 Å². The predicted octanol–water partition coefficient (Wildman–Crippen LogP) is 0.883. The summed E-state index contributed by atoms with van der Waals surface area (Å²) < 4.78 is 16.1. The summed E-state index contributed by atoms with van der Waals surface area (Å²) in [4.78, 5) is 66.8. The van der Waals surface area contributed by atoms with E-state index in [4.69, 9.17) is 14.2 Å². The van der Waals surface area contributed by atoms with Crippen LogP contribution in [-0.4, -0.2) is 97.7 Å². The number of carbonyl (C=O) groups is 5. The Bertz CT molecular complexity index is 1100. The molecule has 0 unspecified atom stereocenters. The maximum Gasteiger partial charge on any atom is 0.308 e. The van der Waals surface area contributed by atoms with Crippen molar-refractivity contribution >= 4 is 29.6 Å². The first-order valence-corrected chi connectivity index (χ1v) is 14.8. The number of carbonyl (C=O) groups excluding carboxylic acids is 5. The second-order valence-electron chi connectivity index (χ2n) is 11.9. The van der Waals surface area contributed by atoms with Crippen molar-refractivity contribution in [3.05, 3.63) is 30.1 Å². The van der Waals surface area contributed by atoms with E-state index in [1.807, 2.05) is 6.07 Å². The van der Waals surface area contributed by atoms with Crippen LogP contribution in [0.25, 0.3) is 0 Å². The van der Waals surface area contributed by atoms with Gasteiger partial charge >= 0.3 is 5.97 Å². The van der Waals surface area contributed by atoms with Gasteiger partial charge < -0.3 is 35.1 Å². The molecular formula is C30H45N5O8. The molecule has 2 fully saturated rings. The van der Waals surface area contributed by atoms with E-state index in [0.29, 0.717) is 32.5 Å². The molecule has 43 heavy (non-hydrogen) atoms. The molecule has 1 aromatic rings. The first-order valence-electron chi connectivity index (χ1n) is 14.8. The van der Waals surface area contributed by atoms with Gasteiger partial charge in [-0.05, 0) is 45.2 Å². The van der Waals surface area contributed by atoms with Crippen molar-refractivity contribution < 1.29 is 38.2 Å². The van der Waals surface area contributed by atoms with Crippen LogP contribution >= 0.6 is 0 Å². The molecular weight excluding hydrogens is 558 g/mol. The van der Waals surface area contributed by atoms with Crippen molar-refractivity contribution in [2.45, 2.75) is 70.6 Å². The number of nitrogens with one attached hydrogen (secondary N) is 3. The Labute approximate surface area is 252 Å². The fraction of sp³-hybridized carbons (Fsp3) is 0.667. The largest absolute Gasteiger partial charge is 0.460 e. The highest BCUT2D eigenvalue weighted by Gasteiger charge is 2.42. The highest BCUT2D eigenvalue weighted by molar-refractivity contribution is 5.90. The summed E-state index contributed by atoms with van der Waals surface area (Å²) in [5.41, 5.74) is 0.286. The minimum absolute atomic E-state index is 0.0439. The third kappa shape index (κ3) is 11.2. The van der Waals surface area contributed by atoms with E-state index in [9.17, 15) is 24.0 Å². The average molecular weight is 604 g/mol. The lowest BCUT2D eigenvalue weighted by molar-refractivity contribution is -0.156. The Morgan fingerprint density at radius 1 is 0.977 bits per heavy atom. The molecule has 0 spiro atoms. The minimum atomic E-state index is -0.535. The zero-order chi connectivity index (χ0) is 31.4. The molecule has 238 valence electrons. The fourth-order valence-corrected chi connectivity index (χ4v) is 5.05. The number of hydrogen-bond donors (Lipinski definition) is 3. The minimum Gasteiger partial charge on any atom is -0.460 e. The molecule has 2 aliphatic rings. The van der Waals surface area contributed by atoms with E-state index in [1.54, 1.807) is 51.2 Å². The summed E-state index contributed by atoms with van der Waals surface area (Å²) in [5.74, 6) is -1.52. The van der Waals surface area contributed by atoms with Crippen molar-refractivity contribution in [2.24, 2.45) is 11.8 Å². The molecule has 13 heteroatoms. The van der Waals surface area contributed by atoms with Gasteiger partial charge in [-0.25, -0.2) is 0 Å². The van der Waals surface area contributed by atoms with E-state index < -0.39 is 11.5 Å². The van der Waals surface area contributed by atoms with E-state index in [1.165, 1.54) is 0 Å². The van der Waals surface area contributed by atoms with Crippen molar-refractivity contribution in [1.82, 2.24) is 25.8 Å². The summed E-state index contributed by atoms with van der Waals surface area (Å²) in [5, 5.41) is 8.57. The molecule has 1 saturated heterocycles. The van der Waals surface area contributed by atoms with Gasteiger partial charge in [0.05, 0.1) is 44.8 Å². The number of rotatable bonds is 16. The van der Waals surface area contributed by atoms with Gasteiger partial charge in [-0.2, -0.15) is 0 Å². The smallest absolute Gasteiger partial charge is 0.308 e. The van der Waals surface area contributed by atoms with Crippen LogP contribution in [0.1, 0.15) is 64.5 Å². The van der Waals surface area contributed by atoms with Gasteiger partial charge in [-0.15, -0.1) is 0 Å². The Hall–Kier alpha value is -3.58. The van der Waals surface area contributed by atoms with Gasteiger partial charge in [0.25, 0.3) is 0 Å². The lowest BCUT2D eigenvalue weighted by Gasteiger charge is -2.34. The van der Waals surface area contributed by atoms with Crippen LogP contribution in [-0.2, 0) is 38.2 Å². The third-order valence-electron chi connectivity index (χ3n) is 7.26. The zero-order valence-corrected chi connectivity index (χ0v) is 25.6. The number of pyridine rings is 1. The molecule has 1 aliphatic carbocycles. The maximum atomic E-state index is 12.8. The molecule has 1 saturated carbocycles. The quantitative estimate of drug-likeness (QED) is 0.184. The van der Waals surface area contributed by atoms with Gasteiger partial charge in [0.1, 0.15) is 5.60 Å². The molecule has 0 bridgehead atoms. The number of likely N-dealkylation sites (tertiary alicyclic amines) is 1. The van der Waals surface area contributed by atoms with Crippen molar-refractivity contribution in [3.8, 4) is 0 Å². The number of nitrogens with zero attached hydrogens (tertiary/aromatic N) is 2. The van der Waals surface area contributed by atoms with Crippen LogP contribution in [0.15, 0.2) is 24.5 Å². The number of aromatic nitrogens is 1. The fourth-order valence-electron chi connectivity index (χ4n) is 5.05. The first-order chi connectivity index (χ1) is 20.4. The molecule has 1 aliphatic heterocycles. The van der Waals surface area contributed by atoms with E-state index in [0.717, 1.165) is 5.56 Å². The topological polar surface area (TPSA) is 165 Å². The molecule has 1 aromatic heterocycles. The monoisotopic (exact) mass is 603 g/mol. The summed E-state index contributed by atoms with van der Waals surface area (Å²) in [6.45, 7) is 7.00. The average Bonchev–Trinajstić information content (AvgIpc) is 3.22. The number of esters is 1. The molecule has 3 N–H and O–H groups in total.